The van der Waals surface area contributed by atoms with Crippen molar-refractivity contribution in [1.29, 1.82) is 0 Å². The smallest absolute Gasteiger partial charge is 0.263 e. The van der Waals surface area contributed by atoms with Crippen LogP contribution in [-0.2, 0) is 6.54 Å². The maximum atomic E-state index is 12.8. The van der Waals surface area contributed by atoms with E-state index in [0.717, 1.165) is 14.8 Å². The van der Waals surface area contributed by atoms with Gasteiger partial charge in [0.05, 0.1) is 4.34 Å². The van der Waals surface area contributed by atoms with Gasteiger partial charge in [0.1, 0.15) is 0 Å². The lowest BCUT2D eigenvalue weighted by molar-refractivity contribution is 0.151. The molecule has 0 saturated heterocycles. The van der Waals surface area contributed by atoms with Gasteiger partial charge in [-0.3, -0.25) is 4.90 Å². The summed E-state index contributed by atoms with van der Waals surface area (Å²) in [6.45, 7) is 1.04. The average molecular weight is 331 g/mol. The summed E-state index contributed by atoms with van der Waals surface area (Å²) < 4.78 is 26.4. The van der Waals surface area contributed by atoms with Crippen molar-refractivity contribution in [3.63, 3.8) is 0 Å². The molecule has 2 nitrogen and oxygen atoms in total. The van der Waals surface area contributed by atoms with Crippen LogP contribution in [0.3, 0.4) is 0 Å². The van der Waals surface area contributed by atoms with Crippen LogP contribution in [0.2, 0.25) is 4.34 Å². The van der Waals surface area contributed by atoms with Crippen molar-refractivity contribution >= 4 is 22.9 Å². The molecule has 0 amide bonds. The summed E-state index contributed by atoms with van der Waals surface area (Å²) in [4.78, 5) is 3.16. The van der Waals surface area contributed by atoms with E-state index in [9.17, 15) is 8.78 Å². The summed E-state index contributed by atoms with van der Waals surface area (Å²) in [5.74, 6) is 0. The van der Waals surface area contributed by atoms with Crippen LogP contribution < -0.4 is 5.73 Å². The number of rotatable bonds is 6. The first-order valence-corrected chi connectivity index (χ1v) is 7.73. The number of alkyl halides is 2. The van der Waals surface area contributed by atoms with E-state index < -0.39 is 6.43 Å². The third kappa shape index (κ3) is 4.23. The highest BCUT2D eigenvalue weighted by molar-refractivity contribution is 7.16. The van der Waals surface area contributed by atoms with E-state index in [2.05, 4.69) is 0 Å². The second kappa shape index (κ2) is 7.31. The Kier molecular flexibility index (Phi) is 5.70. The van der Waals surface area contributed by atoms with Crippen molar-refractivity contribution in [1.82, 2.24) is 4.90 Å². The van der Waals surface area contributed by atoms with Gasteiger partial charge in [-0.15, -0.1) is 11.3 Å². The number of nitrogens with zero attached hydrogens (tertiary/aromatic N) is 1. The molecular formula is C15H17ClF2N2S. The van der Waals surface area contributed by atoms with Crippen LogP contribution >= 0.6 is 22.9 Å². The summed E-state index contributed by atoms with van der Waals surface area (Å²) in [6.07, 6.45) is -2.47. The van der Waals surface area contributed by atoms with Crippen LogP contribution in [0.15, 0.2) is 36.4 Å². The normalized spacial score (nSPS) is 13.1. The number of halogens is 3. The fraction of sp³-hybridized carbons (Fsp3) is 0.333. The molecule has 1 aromatic heterocycles. The predicted molar refractivity (Wildman–Crippen MR) is 84.0 cm³/mol. The highest BCUT2D eigenvalue weighted by Gasteiger charge is 2.18. The van der Waals surface area contributed by atoms with E-state index in [0.29, 0.717) is 13.1 Å². The molecule has 1 unspecified atom stereocenters. The molecule has 0 aliphatic carbocycles. The summed E-state index contributed by atoms with van der Waals surface area (Å²) in [5.41, 5.74) is 6.67. The first-order valence-electron chi connectivity index (χ1n) is 6.53. The molecule has 6 heteroatoms. The largest absolute Gasteiger partial charge is 0.329 e. The highest BCUT2D eigenvalue weighted by Crippen LogP contribution is 2.28. The Morgan fingerprint density at radius 2 is 1.95 bits per heavy atom. The van der Waals surface area contributed by atoms with E-state index in [4.69, 9.17) is 17.3 Å². The van der Waals surface area contributed by atoms with Crippen molar-refractivity contribution < 1.29 is 8.78 Å². The minimum Gasteiger partial charge on any atom is -0.329 e. The van der Waals surface area contributed by atoms with E-state index in [-0.39, 0.29) is 11.6 Å². The Balaban J connectivity index is 2.16. The van der Waals surface area contributed by atoms with Crippen LogP contribution in [0, 0.1) is 0 Å². The summed E-state index contributed by atoms with van der Waals surface area (Å²) in [6, 6.07) is 10.2. The summed E-state index contributed by atoms with van der Waals surface area (Å²) in [7, 11) is 1.93. The van der Waals surface area contributed by atoms with Gasteiger partial charge in [0.15, 0.2) is 0 Å². The molecule has 0 spiro atoms. The van der Waals surface area contributed by atoms with Crippen LogP contribution in [0.5, 0.6) is 0 Å². The van der Waals surface area contributed by atoms with Gasteiger partial charge >= 0.3 is 0 Å². The lowest BCUT2D eigenvalue weighted by Gasteiger charge is -2.27. The number of nitrogens with two attached hydrogens (primary N) is 1. The molecule has 0 saturated carbocycles. The topological polar surface area (TPSA) is 29.3 Å². The second-order valence-corrected chi connectivity index (χ2v) is 6.64. The summed E-state index contributed by atoms with van der Waals surface area (Å²) in [5, 5.41) is 0. The van der Waals surface area contributed by atoms with Gasteiger partial charge in [-0.2, -0.15) is 0 Å². The van der Waals surface area contributed by atoms with Crippen molar-refractivity contribution in [2.24, 2.45) is 5.73 Å². The molecule has 1 aromatic carbocycles. The molecule has 0 radical (unpaired) electrons. The number of hydrogen-bond donors (Lipinski definition) is 1. The number of likely N-dealkylation sites (N-methyl/N-ethyl adjacent to an activating group) is 1. The third-order valence-corrected chi connectivity index (χ3v) is 4.55. The van der Waals surface area contributed by atoms with Crippen LogP contribution in [-0.4, -0.2) is 18.5 Å². The first kappa shape index (κ1) is 16.4. The SMILES string of the molecule is CN(Cc1ccc(Cl)s1)C(CN)c1cccc(C(F)F)c1. The van der Waals surface area contributed by atoms with Gasteiger partial charge in [0.2, 0.25) is 0 Å². The highest BCUT2D eigenvalue weighted by atomic mass is 35.5. The van der Waals surface area contributed by atoms with Crippen LogP contribution in [0.25, 0.3) is 0 Å². The lowest BCUT2D eigenvalue weighted by atomic mass is 10.0. The van der Waals surface area contributed by atoms with Gasteiger partial charge in [-0.05, 0) is 30.8 Å². The molecule has 0 fully saturated rings. The fourth-order valence-electron chi connectivity index (χ4n) is 2.27. The number of thiophene rings is 1. The maximum absolute atomic E-state index is 12.8. The molecule has 114 valence electrons. The molecule has 0 aliphatic rings. The van der Waals surface area contributed by atoms with Gasteiger partial charge in [-0.25, -0.2) is 8.78 Å². The second-order valence-electron chi connectivity index (χ2n) is 4.84. The van der Waals surface area contributed by atoms with Gasteiger partial charge < -0.3 is 5.73 Å². The zero-order valence-corrected chi connectivity index (χ0v) is 13.2. The zero-order valence-electron chi connectivity index (χ0n) is 11.6. The van der Waals surface area contributed by atoms with E-state index in [1.807, 2.05) is 30.1 Å². The van der Waals surface area contributed by atoms with Gasteiger partial charge in [0.25, 0.3) is 6.43 Å². The summed E-state index contributed by atoms with van der Waals surface area (Å²) >= 11 is 7.43. The standard InChI is InChI=1S/C15H17ClF2N2S/c1-20(9-12-5-6-14(16)21-12)13(8-19)10-3-2-4-11(7-10)15(17)18/h2-7,13,15H,8-9,19H2,1H3. The molecule has 1 atom stereocenters. The van der Waals surface area contributed by atoms with Crippen molar-refractivity contribution in [2.45, 2.75) is 19.0 Å². The fourth-order valence-corrected chi connectivity index (χ4v) is 3.42. The molecule has 0 aliphatic heterocycles. The molecule has 1 heterocycles. The average Bonchev–Trinajstić information content (AvgIpc) is 2.85. The van der Waals surface area contributed by atoms with E-state index in [1.165, 1.54) is 23.5 Å². The molecular weight excluding hydrogens is 314 g/mol. The molecule has 2 rings (SSSR count). The Morgan fingerprint density at radius 3 is 2.52 bits per heavy atom. The minimum absolute atomic E-state index is 0.0264. The molecule has 2 aromatic rings. The Bertz CT molecular complexity index is 589. The van der Waals surface area contributed by atoms with Crippen LogP contribution in [0.4, 0.5) is 8.78 Å². The molecule has 21 heavy (non-hydrogen) atoms. The Labute approximate surface area is 132 Å². The van der Waals surface area contributed by atoms with Crippen molar-refractivity contribution in [2.75, 3.05) is 13.6 Å². The maximum Gasteiger partial charge on any atom is 0.263 e. The van der Waals surface area contributed by atoms with Crippen LogP contribution in [0.1, 0.15) is 28.5 Å². The quantitative estimate of drug-likeness (QED) is 0.846. The molecule has 2 N–H and O–H groups in total. The zero-order chi connectivity index (χ0) is 15.4. The Morgan fingerprint density at radius 1 is 1.24 bits per heavy atom. The van der Waals surface area contributed by atoms with E-state index >= 15 is 0 Å². The van der Waals surface area contributed by atoms with Crippen molar-refractivity contribution in [3.8, 4) is 0 Å². The minimum atomic E-state index is -2.47. The van der Waals surface area contributed by atoms with Gasteiger partial charge in [0, 0.05) is 29.6 Å². The molecule has 0 bridgehead atoms. The Hall–Kier alpha value is -1.01. The third-order valence-electron chi connectivity index (χ3n) is 3.34. The van der Waals surface area contributed by atoms with E-state index in [1.54, 1.807) is 6.07 Å². The van der Waals surface area contributed by atoms with Crippen molar-refractivity contribution in [3.05, 3.63) is 56.7 Å². The monoisotopic (exact) mass is 330 g/mol. The predicted octanol–water partition coefficient (Wildman–Crippen LogP) is 4.47. The number of benzene rings is 1. The van der Waals surface area contributed by atoms with Gasteiger partial charge in [-0.1, -0.05) is 29.8 Å². The number of hydrogen-bond acceptors (Lipinski definition) is 3. The first-order chi connectivity index (χ1) is 10.0. The lowest BCUT2D eigenvalue weighted by Crippen LogP contribution is -2.30.